The fraction of sp³-hybridized carbons (Fsp3) is 0.227. The van der Waals surface area contributed by atoms with E-state index in [9.17, 15) is 9.90 Å². The highest BCUT2D eigenvalue weighted by Gasteiger charge is 2.28. The molecule has 3 aromatic carbocycles. The number of likely N-dealkylation sites (tertiary alicyclic amines) is 1. The molecule has 1 fully saturated rings. The van der Waals surface area contributed by atoms with Crippen LogP contribution in [-0.4, -0.2) is 29.0 Å². The third kappa shape index (κ3) is 3.41. The van der Waals surface area contributed by atoms with Crippen LogP contribution in [0.2, 0.25) is 0 Å². The molecule has 1 aliphatic rings. The summed E-state index contributed by atoms with van der Waals surface area (Å²) in [5.41, 5.74) is 2.03. The summed E-state index contributed by atoms with van der Waals surface area (Å²) in [7, 11) is 0. The molecule has 1 amide bonds. The number of nitrogens with one attached hydrogen (secondary N) is 1. The fourth-order valence-electron chi connectivity index (χ4n) is 3.67. The van der Waals surface area contributed by atoms with Gasteiger partial charge in [-0.3, -0.25) is 9.69 Å². The van der Waals surface area contributed by atoms with Gasteiger partial charge in [0.1, 0.15) is 5.75 Å². The summed E-state index contributed by atoms with van der Waals surface area (Å²) in [6.07, 6.45) is 0.870. The van der Waals surface area contributed by atoms with Gasteiger partial charge in [-0.15, -0.1) is 0 Å². The van der Waals surface area contributed by atoms with Crippen molar-refractivity contribution in [2.24, 2.45) is 5.92 Å². The molecule has 1 unspecified atom stereocenters. The lowest BCUT2D eigenvalue weighted by molar-refractivity contribution is -0.119. The number of carbonyl (C=O) groups is 1. The number of hydrogen-bond donors (Lipinski definition) is 2. The molecule has 132 valence electrons. The Morgan fingerprint density at radius 3 is 2.62 bits per heavy atom. The van der Waals surface area contributed by atoms with Gasteiger partial charge in [0.15, 0.2) is 0 Å². The summed E-state index contributed by atoms with van der Waals surface area (Å²) in [6, 6.07) is 21.3. The summed E-state index contributed by atoms with van der Waals surface area (Å²) in [6.45, 7) is 2.59. The largest absolute Gasteiger partial charge is 0.507 e. The van der Waals surface area contributed by atoms with Gasteiger partial charge in [0, 0.05) is 29.5 Å². The molecule has 1 heterocycles. The maximum Gasteiger partial charge on any atom is 0.228 e. The standard InChI is InChI=1S/C22H22N2O2/c25-21-11-5-8-18-19(21)9-4-10-20(18)23-22(26)17-12-13-24(15-17)14-16-6-2-1-3-7-16/h1-11,17,25H,12-15H2,(H,23,26). The van der Waals surface area contributed by atoms with Crippen molar-refractivity contribution in [3.05, 3.63) is 72.3 Å². The first kappa shape index (κ1) is 16.6. The Morgan fingerprint density at radius 2 is 1.77 bits per heavy atom. The lowest BCUT2D eigenvalue weighted by atomic mass is 10.1. The molecule has 0 aliphatic carbocycles. The highest BCUT2D eigenvalue weighted by Crippen LogP contribution is 2.30. The molecule has 4 rings (SSSR count). The molecule has 4 heteroatoms. The van der Waals surface area contributed by atoms with Gasteiger partial charge in [-0.2, -0.15) is 0 Å². The first-order valence-corrected chi connectivity index (χ1v) is 8.98. The summed E-state index contributed by atoms with van der Waals surface area (Å²) in [5.74, 6) is 0.274. The van der Waals surface area contributed by atoms with Crippen LogP contribution in [0.15, 0.2) is 66.7 Å². The van der Waals surface area contributed by atoms with E-state index in [-0.39, 0.29) is 17.6 Å². The van der Waals surface area contributed by atoms with E-state index >= 15 is 0 Å². The number of hydrogen-bond acceptors (Lipinski definition) is 3. The minimum Gasteiger partial charge on any atom is -0.507 e. The summed E-state index contributed by atoms with van der Waals surface area (Å²) < 4.78 is 0. The van der Waals surface area contributed by atoms with Crippen molar-refractivity contribution in [3.8, 4) is 5.75 Å². The van der Waals surface area contributed by atoms with Crippen molar-refractivity contribution in [1.82, 2.24) is 4.90 Å². The SMILES string of the molecule is O=C(Nc1cccc2c(O)cccc12)C1CCN(Cc2ccccc2)C1. The Morgan fingerprint density at radius 1 is 1.00 bits per heavy atom. The van der Waals surface area contributed by atoms with Crippen LogP contribution in [0.4, 0.5) is 5.69 Å². The fourth-order valence-corrected chi connectivity index (χ4v) is 3.67. The maximum absolute atomic E-state index is 12.7. The second-order valence-electron chi connectivity index (χ2n) is 6.87. The van der Waals surface area contributed by atoms with Gasteiger partial charge in [-0.25, -0.2) is 0 Å². The van der Waals surface area contributed by atoms with Gasteiger partial charge in [0.05, 0.1) is 5.92 Å². The smallest absolute Gasteiger partial charge is 0.228 e. The molecule has 26 heavy (non-hydrogen) atoms. The zero-order valence-electron chi connectivity index (χ0n) is 14.6. The monoisotopic (exact) mass is 346 g/mol. The maximum atomic E-state index is 12.7. The minimum absolute atomic E-state index is 0.00808. The molecular weight excluding hydrogens is 324 g/mol. The molecule has 1 atom stereocenters. The quantitative estimate of drug-likeness (QED) is 0.751. The number of phenolic OH excluding ortho intramolecular Hbond substituents is 1. The van der Waals surface area contributed by atoms with Crippen LogP contribution in [-0.2, 0) is 11.3 Å². The predicted molar refractivity (Wildman–Crippen MR) is 104 cm³/mol. The van der Waals surface area contributed by atoms with Crippen molar-refractivity contribution >= 4 is 22.4 Å². The van der Waals surface area contributed by atoms with E-state index in [0.29, 0.717) is 0 Å². The molecule has 3 aromatic rings. The number of rotatable bonds is 4. The van der Waals surface area contributed by atoms with E-state index < -0.39 is 0 Å². The lowest BCUT2D eigenvalue weighted by Gasteiger charge is -2.16. The van der Waals surface area contributed by atoms with E-state index in [1.165, 1.54) is 5.56 Å². The van der Waals surface area contributed by atoms with Crippen LogP contribution in [0.1, 0.15) is 12.0 Å². The van der Waals surface area contributed by atoms with Crippen molar-refractivity contribution in [3.63, 3.8) is 0 Å². The Bertz CT molecular complexity index is 924. The summed E-state index contributed by atoms with van der Waals surface area (Å²) in [5, 5.41) is 14.7. The van der Waals surface area contributed by atoms with Crippen molar-refractivity contribution in [1.29, 1.82) is 0 Å². The Balaban J connectivity index is 1.44. The van der Waals surface area contributed by atoms with E-state index in [4.69, 9.17) is 0 Å². The third-order valence-electron chi connectivity index (χ3n) is 5.05. The average Bonchev–Trinajstić information content (AvgIpc) is 3.12. The molecule has 0 aromatic heterocycles. The van der Waals surface area contributed by atoms with Crippen molar-refractivity contribution < 1.29 is 9.90 Å². The summed E-state index contributed by atoms with van der Waals surface area (Å²) >= 11 is 0. The third-order valence-corrected chi connectivity index (χ3v) is 5.05. The Hall–Kier alpha value is -2.85. The molecule has 1 aliphatic heterocycles. The van der Waals surface area contributed by atoms with Crippen LogP contribution in [0.25, 0.3) is 10.8 Å². The van der Waals surface area contributed by atoms with E-state index in [2.05, 4.69) is 22.3 Å². The van der Waals surface area contributed by atoms with Crippen LogP contribution >= 0.6 is 0 Å². The van der Waals surface area contributed by atoms with Gasteiger partial charge in [0.2, 0.25) is 5.91 Å². The first-order chi connectivity index (χ1) is 12.7. The van der Waals surface area contributed by atoms with Gasteiger partial charge in [0.25, 0.3) is 0 Å². The minimum atomic E-state index is -0.00808. The number of aromatic hydroxyl groups is 1. The second kappa shape index (κ2) is 7.18. The predicted octanol–water partition coefficient (Wildman–Crippen LogP) is 4.01. The van der Waals surface area contributed by atoms with Gasteiger partial charge < -0.3 is 10.4 Å². The van der Waals surface area contributed by atoms with Crippen LogP contribution in [0.5, 0.6) is 5.75 Å². The average molecular weight is 346 g/mol. The van der Waals surface area contributed by atoms with Gasteiger partial charge in [-0.1, -0.05) is 54.6 Å². The molecule has 1 saturated heterocycles. The highest BCUT2D eigenvalue weighted by molar-refractivity contribution is 6.04. The molecule has 0 saturated carbocycles. The Labute approximate surface area is 153 Å². The molecule has 2 N–H and O–H groups in total. The highest BCUT2D eigenvalue weighted by atomic mass is 16.3. The molecule has 4 nitrogen and oxygen atoms in total. The number of carbonyl (C=O) groups excluding carboxylic acids is 1. The van der Waals surface area contributed by atoms with E-state index in [1.807, 2.05) is 42.5 Å². The van der Waals surface area contributed by atoms with Crippen LogP contribution in [0.3, 0.4) is 0 Å². The number of phenols is 1. The summed E-state index contributed by atoms with van der Waals surface area (Å²) in [4.78, 5) is 15.1. The molecular formula is C22H22N2O2. The first-order valence-electron chi connectivity index (χ1n) is 8.98. The topological polar surface area (TPSA) is 52.6 Å². The van der Waals surface area contributed by atoms with E-state index in [0.717, 1.165) is 42.5 Å². The van der Waals surface area contributed by atoms with Gasteiger partial charge in [-0.05, 0) is 30.7 Å². The number of benzene rings is 3. The second-order valence-corrected chi connectivity index (χ2v) is 6.87. The molecule has 0 spiro atoms. The van der Waals surface area contributed by atoms with E-state index in [1.54, 1.807) is 12.1 Å². The van der Waals surface area contributed by atoms with Crippen LogP contribution < -0.4 is 5.32 Å². The normalized spacial score (nSPS) is 17.5. The Kier molecular flexibility index (Phi) is 4.59. The molecule has 0 bridgehead atoms. The number of amides is 1. The zero-order valence-corrected chi connectivity index (χ0v) is 14.6. The van der Waals surface area contributed by atoms with Crippen molar-refractivity contribution in [2.45, 2.75) is 13.0 Å². The number of nitrogens with zero attached hydrogens (tertiary/aromatic N) is 1. The van der Waals surface area contributed by atoms with Crippen LogP contribution in [0, 0.1) is 5.92 Å². The number of fused-ring (bicyclic) bond motifs is 1. The zero-order chi connectivity index (χ0) is 17.9. The number of anilines is 1. The lowest BCUT2D eigenvalue weighted by Crippen LogP contribution is -2.27. The van der Waals surface area contributed by atoms with Crippen molar-refractivity contribution in [2.75, 3.05) is 18.4 Å². The van der Waals surface area contributed by atoms with Gasteiger partial charge >= 0.3 is 0 Å². The molecule has 0 radical (unpaired) electrons.